The molecule has 0 saturated heterocycles. The zero-order chi connectivity index (χ0) is 12.7. The molecule has 1 N–H and O–H groups in total. The Morgan fingerprint density at radius 1 is 1.47 bits per heavy atom. The van der Waals surface area contributed by atoms with E-state index >= 15 is 0 Å². The summed E-state index contributed by atoms with van der Waals surface area (Å²) in [5.41, 5.74) is 2.10. The second-order valence-electron chi connectivity index (χ2n) is 3.63. The van der Waals surface area contributed by atoms with Gasteiger partial charge >= 0.3 is 0 Å². The van der Waals surface area contributed by atoms with E-state index in [9.17, 15) is 4.79 Å². The summed E-state index contributed by atoms with van der Waals surface area (Å²) in [6, 6.07) is 1.77. The zero-order valence-corrected chi connectivity index (χ0v) is 10.5. The Hall–Kier alpha value is -1.89. The van der Waals surface area contributed by atoms with Gasteiger partial charge in [0, 0.05) is 13.0 Å². The van der Waals surface area contributed by atoms with Gasteiger partial charge in [-0.15, -0.1) is 11.8 Å². The molecule has 1 amide bonds. The normalized spacial score (nSPS) is 9.35. The van der Waals surface area contributed by atoms with Crippen molar-refractivity contribution in [3.8, 4) is 11.8 Å². The highest BCUT2D eigenvalue weighted by Crippen LogP contribution is 2.07. The Morgan fingerprint density at radius 3 is 2.88 bits per heavy atom. The third kappa shape index (κ3) is 3.87. The number of hydrogen-bond donors (Lipinski definition) is 1. The van der Waals surface area contributed by atoms with E-state index in [2.05, 4.69) is 27.4 Å². The Balaban J connectivity index is 2.72. The number of carbonyl (C=O) groups excluding carboxylic acids is 1. The fourth-order valence-electron chi connectivity index (χ4n) is 1.43. The van der Waals surface area contributed by atoms with Crippen molar-refractivity contribution in [2.45, 2.75) is 33.6 Å². The molecule has 1 aromatic rings. The molecule has 0 aromatic carbocycles. The summed E-state index contributed by atoms with van der Waals surface area (Å²) in [5.74, 6) is 5.59. The van der Waals surface area contributed by atoms with Crippen molar-refractivity contribution in [2.75, 3.05) is 6.54 Å². The van der Waals surface area contributed by atoms with Gasteiger partial charge in [0.15, 0.2) is 0 Å². The van der Waals surface area contributed by atoms with Gasteiger partial charge in [-0.2, -0.15) is 10.2 Å². The SMILES string of the molecule is CC#CCCNC(=O)c1cc(C)nnc1CC. The molecule has 0 aliphatic heterocycles. The second-order valence-corrected chi connectivity index (χ2v) is 3.63. The van der Waals surface area contributed by atoms with E-state index in [1.54, 1.807) is 13.0 Å². The number of amides is 1. The lowest BCUT2D eigenvalue weighted by Gasteiger charge is -2.07. The number of hydrogen-bond acceptors (Lipinski definition) is 3. The van der Waals surface area contributed by atoms with Gasteiger partial charge in [-0.25, -0.2) is 0 Å². The van der Waals surface area contributed by atoms with Crippen LogP contribution in [0.4, 0.5) is 0 Å². The van der Waals surface area contributed by atoms with Crippen LogP contribution in [0.5, 0.6) is 0 Å². The summed E-state index contributed by atoms with van der Waals surface area (Å²) in [5, 5.41) is 10.8. The monoisotopic (exact) mass is 231 g/mol. The van der Waals surface area contributed by atoms with Crippen molar-refractivity contribution >= 4 is 5.91 Å². The molecule has 17 heavy (non-hydrogen) atoms. The number of nitrogens with one attached hydrogen (secondary N) is 1. The second kappa shape index (κ2) is 6.64. The lowest BCUT2D eigenvalue weighted by molar-refractivity contribution is 0.0953. The van der Waals surface area contributed by atoms with E-state index in [0.717, 1.165) is 11.4 Å². The van der Waals surface area contributed by atoms with Crippen LogP contribution in [0.2, 0.25) is 0 Å². The average molecular weight is 231 g/mol. The molecule has 1 rings (SSSR count). The number of aryl methyl sites for hydroxylation is 2. The van der Waals surface area contributed by atoms with E-state index in [1.807, 2.05) is 13.8 Å². The van der Waals surface area contributed by atoms with Gasteiger partial charge in [-0.1, -0.05) is 6.92 Å². The van der Waals surface area contributed by atoms with E-state index in [-0.39, 0.29) is 5.91 Å². The molecular weight excluding hydrogens is 214 g/mol. The summed E-state index contributed by atoms with van der Waals surface area (Å²) in [4.78, 5) is 11.9. The molecule has 0 saturated carbocycles. The Kier molecular flexibility index (Phi) is 5.15. The Morgan fingerprint density at radius 2 is 2.24 bits per heavy atom. The van der Waals surface area contributed by atoms with Gasteiger partial charge in [-0.3, -0.25) is 4.79 Å². The maximum absolute atomic E-state index is 11.9. The minimum absolute atomic E-state index is 0.0993. The predicted octanol–water partition coefficient (Wildman–Crippen LogP) is 1.49. The molecule has 4 heteroatoms. The molecule has 0 spiro atoms. The molecule has 0 bridgehead atoms. The van der Waals surface area contributed by atoms with Crippen LogP contribution >= 0.6 is 0 Å². The molecule has 0 unspecified atom stereocenters. The van der Waals surface area contributed by atoms with Crippen LogP contribution in [0.15, 0.2) is 6.07 Å². The van der Waals surface area contributed by atoms with Crippen LogP contribution in [0, 0.1) is 18.8 Å². The summed E-state index contributed by atoms with van der Waals surface area (Å²) < 4.78 is 0. The van der Waals surface area contributed by atoms with Crippen LogP contribution in [-0.2, 0) is 6.42 Å². The quantitative estimate of drug-likeness (QED) is 0.631. The van der Waals surface area contributed by atoms with E-state index in [0.29, 0.717) is 24.9 Å². The first-order valence-electron chi connectivity index (χ1n) is 5.70. The molecule has 1 heterocycles. The Bertz CT molecular complexity index is 457. The first-order valence-corrected chi connectivity index (χ1v) is 5.70. The lowest BCUT2D eigenvalue weighted by atomic mass is 10.1. The molecule has 0 radical (unpaired) electrons. The average Bonchev–Trinajstić information content (AvgIpc) is 2.34. The highest BCUT2D eigenvalue weighted by molar-refractivity contribution is 5.95. The molecule has 0 fully saturated rings. The van der Waals surface area contributed by atoms with Crippen molar-refractivity contribution in [1.29, 1.82) is 0 Å². The smallest absolute Gasteiger partial charge is 0.253 e. The van der Waals surface area contributed by atoms with Crippen molar-refractivity contribution in [1.82, 2.24) is 15.5 Å². The Labute approximate surface area is 102 Å². The molecule has 0 aliphatic carbocycles. The van der Waals surface area contributed by atoms with Gasteiger partial charge in [0.05, 0.1) is 17.0 Å². The van der Waals surface area contributed by atoms with Gasteiger partial charge in [0.1, 0.15) is 0 Å². The van der Waals surface area contributed by atoms with E-state index in [4.69, 9.17) is 0 Å². The summed E-state index contributed by atoms with van der Waals surface area (Å²) in [7, 11) is 0. The fraction of sp³-hybridized carbons (Fsp3) is 0.462. The standard InChI is InChI=1S/C13H17N3O/c1-4-6-7-8-14-13(17)11-9-10(3)15-16-12(11)5-2/h9H,5,7-8H2,1-3H3,(H,14,17). The maximum Gasteiger partial charge on any atom is 0.253 e. The largest absolute Gasteiger partial charge is 0.351 e. The number of aromatic nitrogens is 2. The highest BCUT2D eigenvalue weighted by atomic mass is 16.1. The van der Waals surface area contributed by atoms with E-state index in [1.165, 1.54) is 0 Å². The van der Waals surface area contributed by atoms with E-state index < -0.39 is 0 Å². The van der Waals surface area contributed by atoms with Gasteiger partial charge in [-0.05, 0) is 26.3 Å². The first-order chi connectivity index (χ1) is 8.19. The number of nitrogens with zero attached hydrogens (tertiary/aromatic N) is 2. The van der Waals surface area contributed by atoms with Crippen molar-refractivity contribution in [2.24, 2.45) is 0 Å². The maximum atomic E-state index is 11.9. The molecule has 4 nitrogen and oxygen atoms in total. The minimum Gasteiger partial charge on any atom is -0.351 e. The van der Waals surface area contributed by atoms with Gasteiger partial charge < -0.3 is 5.32 Å². The lowest BCUT2D eigenvalue weighted by Crippen LogP contribution is -2.26. The minimum atomic E-state index is -0.0993. The molecule has 0 atom stereocenters. The van der Waals surface area contributed by atoms with Crippen LogP contribution in [0.25, 0.3) is 0 Å². The van der Waals surface area contributed by atoms with Crippen LogP contribution in [0.1, 0.15) is 42.0 Å². The fourth-order valence-corrected chi connectivity index (χ4v) is 1.43. The molecule has 0 aliphatic rings. The van der Waals surface area contributed by atoms with Crippen LogP contribution < -0.4 is 5.32 Å². The van der Waals surface area contributed by atoms with Gasteiger partial charge in [0.2, 0.25) is 0 Å². The van der Waals surface area contributed by atoms with Crippen molar-refractivity contribution in [3.63, 3.8) is 0 Å². The third-order valence-corrected chi connectivity index (χ3v) is 2.28. The molecule has 1 aromatic heterocycles. The topological polar surface area (TPSA) is 54.9 Å². The summed E-state index contributed by atoms with van der Waals surface area (Å²) >= 11 is 0. The third-order valence-electron chi connectivity index (χ3n) is 2.28. The summed E-state index contributed by atoms with van der Waals surface area (Å²) in [6.45, 7) is 6.13. The van der Waals surface area contributed by atoms with Gasteiger partial charge in [0.25, 0.3) is 5.91 Å². The predicted molar refractivity (Wildman–Crippen MR) is 66.5 cm³/mol. The van der Waals surface area contributed by atoms with Crippen LogP contribution in [0.3, 0.4) is 0 Å². The van der Waals surface area contributed by atoms with Crippen LogP contribution in [-0.4, -0.2) is 22.6 Å². The number of carbonyl (C=O) groups is 1. The van der Waals surface area contributed by atoms with Crippen molar-refractivity contribution < 1.29 is 4.79 Å². The molecule has 90 valence electrons. The first kappa shape index (κ1) is 13.2. The highest BCUT2D eigenvalue weighted by Gasteiger charge is 2.11. The number of rotatable bonds is 4. The zero-order valence-electron chi connectivity index (χ0n) is 10.5. The summed E-state index contributed by atoms with van der Waals surface area (Å²) in [6.07, 6.45) is 1.37. The molecular formula is C13H17N3O. The van der Waals surface area contributed by atoms with Crippen molar-refractivity contribution in [3.05, 3.63) is 23.0 Å².